The van der Waals surface area contributed by atoms with Crippen LogP contribution in [0, 0.1) is 11.6 Å². The maximum Gasteiger partial charge on any atom is 0.159 e. The number of aromatic nitrogens is 3. The maximum atomic E-state index is 13.2. The van der Waals surface area contributed by atoms with E-state index in [-0.39, 0.29) is 6.54 Å². The summed E-state index contributed by atoms with van der Waals surface area (Å²) in [7, 11) is 3.79. The third kappa shape index (κ3) is 3.56. The molecule has 1 N–H and O–H groups in total. The van der Waals surface area contributed by atoms with E-state index < -0.39 is 17.7 Å². The second-order valence-corrected chi connectivity index (χ2v) is 6.19. The van der Waals surface area contributed by atoms with Gasteiger partial charge in [-0.05, 0) is 37.6 Å². The van der Waals surface area contributed by atoms with Crippen molar-refractivity contribution in [2.45, 2.75) is 31.4 Å². The molecule has 1 heterocycles. The van der Waals surface area contributed by atoms with Gasteiger partial charge >= 0.3 is 0 Å². The van der Waals surface area contributed by atoms with Gasteiger partial charge < -0.3 is 9.67 Å². The minimum absolute atomic E-state index is 0.288. The van der Waals surface area contributed by atoms with Gasteiger partial charge in [0.1, 0.15) is 11.6 Å². The Morgan fingerprint density at radius 2 is 2.04 bits per heavy atom. The molecular formula is C16H20F2N4O. The standard InChI is InChI=1S/C16H20F2N4O/c1-21(8-14(23)11-5-6-12(17)13(18)7-11)9-15-19-20-16(22(15)2)10-3-4-10/h5-7,10,14,23H,3-4,8-9H2,1-2H3. The average Bonchev–Trinajstić information content (AvgIpc) is 3.28. The van der Waals surface area contributed by atoms with Crippen molar-refractivity contribution in [2.24, 2.45) is 7.05 Å². The Bertz CT molecular complexity index is 699. The Hall–Kier alpha value is -1.86. The quantitative estimate of drug-likeness (QED) is 0.885. The summed E-state index contributed by atoms with van der Waals surface area (Å²) in [5, 5.41) is 18.6. The van der Waals surface area contributed by atoms with Crippen molar-refractivity contribution in [3.8, 4) is 0 Å². The Kier molecular flexibility index (Phi) is 4.41. The molecule has 7 heteroatoms. The number of hydrogen-bond acceptors (Lipinski definition) is 4. The van der Waals surface area contributed by atoms with Crippen LogP contribution >= 0.6 is 0 Å². The van der Waals surface area contributed by atoms with Gasteiger partial charge in [-0.15, -0.1) is 10.2 Å². The van der Waals surface area contributed by atoms with Crippen molar-refractivity contribution >= 4 is 0 Å². The highest BCUT2D eigenvalue weighted by Gasteiger charge is 2.29. The van der Waals surface area contributed by atoms with E-state index in [1.807, 2.05) is 23.6 Å². The molecule has 1 fully saturated rings. The summed E-state index contributed by atoms with van der Waals surface area (Å²) in [4.78, 5) is 1.88. The molecule has 1 aliphatic rings. The van der Waals surface area contributed by atoms with Crippen molar-refractivity contribution < 1.29 is 13.9 Å². The second-order valence-electron chi connectivity index (χ2n) is 6.19. The van der Waals surface area contributed by atoms with E-state index in [4.69, 9.17) is 0 Å². The number of nitrogens with zero attached hydrogens (tertiary/aromatic N) is 4. The van der Waals surface area contributed by atoms with Gasteiger partial charge in [0.05, 0.1) is 12.6 Å². The zero-order valence-corrected chi connectivity index (χ0v) is 13.2. The van der Waals surface area contributed by atoms with Crippen LogP contribution in [0.4, 0.5) is 8.78 Å². The van der Waals surface area contributed by atoms with Crippen LogP contribution < -0.4 is 0 Å². The number of hydrogen-bond donors (Lipinski definition) is 1. The Labute approximate surface area is 133 Å². The zero-order chi connectivity index (χ0) is 16.6. The number of rotatable bonds is 6. The summed E-state index contributed by atoms with van der Waals surface area (Å²) in [5.41, 5.74) is 0.354. The van der Waals surface area contributed by atoms with E-state index in [9.17, 15) is 13.9 Å². The largest absolute Gasteiger partial charge is 0.387 e. The summed E-state index contributed by atoms with van der Waals surface area (Å²) in [6.07, 6.45) is 1.43. The summed E-state index contributed by atoms with van der Waals surface area (Å²) >= 11 is 0. The van der Waals surface area contributed by atoms with Crippen LogP contribution in [0.25, 0.3) is 0 Å². The maximum absolute atomic E-state index is 13.2. The average molecular weight is 322 g/mol. The molecule has 1 atom stereocenters. The normalized spacial score (nSPS) is 16.1. The Morgan fingerprint density at radius 3 is 2.70 bits per heavy atom. The molecule has 2 aromatic rings. The van der Waals surface area contributed by atoms with Crippen LogP contribution in [-0.4, -0.2) is 38.4 Å². The molecule has 1 aromatic carbocycles. The Balaban J connectivity index is 1.62. The summed E-state index contributed by atoms with van der Waals surface area (Å²) in [6, 6.07) is 3.45. The third-order valence-electron chi connectivity index (χ3n) is 4.17. The predicted octanol–water partition coefficient (Wildman–Crippen LogP) is 2.14. The first-order valence-electron chi connectivity index (χ1n) is 7.65. The van der Waals surface area contributed by atoms with Crippen LogP contribution in [-0.2, 0) is 13.6 Å². The molecule has 3 rings (SSSR count). The molecule has 23 heavy (non-hydrogen) atoms. The minimum atomic E-state index is -0.952. The lowest BCUT2D eigenvalue weighted by Gasteiger charge is -2.20. The van der Waals surface area contributed by atoms with Gasteiger partial charge in [-0.3, -0.25) is 4.90 Å². The number of aliphatic hydroxyl groups is 1. The SMILES string of the molecule is CN(Cc1nnc(C2CC2)n1C)CC(O)c1ccc(F)c(F)c1. The fourth-order valence-corrected chi connectivity index (χ4v) is 2.64. The zero-order valence-electron chi connectivity index (χ0n) is 13.2. The Morgan fingerprint density at radius 1 is 1.30 bits per heavy atom. The van der Waals surface area contributed by atoms with Crippen LogP contribution in [0.15, 0.2) is 18.2 Å². The molecule has 5 nitrogen and oxygen atoms in total. The first-order chi connectivity index (χ1) is 11.0. The predicted molar refractivity (Wildman–Crippen MR) is 80.6 cm³/mol. The topological polar surface area (TPSA) is 54.2 Å². The summed E-state index contributed by atoms with van der Waals surface area (Å²) < 4.78 is 28.2. The van der Waals surface area contributed by atoms with Crippen LogP contribution in [0.1, 0.15) is 42.1 Å². The lowest BCUT2D eigenvalue weighted by molar-refractivity contribution is 0.121. The van der Waals surface area contributed by atoms with Crippen molar-refractivity contribution in [1.29, 1.82) is 0 Å². The van der Waals surface area contributed by atoms with Crippen molar-refractivity contribution in [3.63, 3.8) is 0 Å². The lowest BCUT2D eigenvalue weighted by Crippen LogP contribution is -2.25. The molecule has 1 unspecified atom stereocenters. The van der Waals surface area contributed by atoms with Gasteiger partial charge in [-0.25, -0.2) is 8.78 Å². The number of likely N-dealkylation sites (N-methyl/N-ethyl adjacent to an activating group) is 1. The molecule has 124 valence electrons. The van der Waals surface area contributed by atoms with Gasteiger partial charge in [0.2, 0.25) is 0 Å². The molecular weight excluding hydrogens is 302 g/mol. The molecule has 1 saturated carbocycles. The van der Waals surface area contributed by atoms with Gasteiger partial charge in [-0.1, -0.05) is 6.07 Å². The fraction of sp³-hybridized carbons (Fsp3) is 0.500. The van der Waals surface area contributed by atoms with E-state index in [0.717, 1.165) is 36.6 Å². The van der Waals surface area contributed by atoms with E-state index >= 15 is 0 Å². The van der Waals surface area contributed by atoms with E-state index in [1.54, 1.807) is 0 Å². The molecule has 0 aliphatic heterocycles. The van der Waals surface area contributed by atoms with E-state index in [2.05, 4.69) is 10.2 Å². The minimum Gasteiger partial charge on any atom is -0.387 e. The highest BCUT2D eigenvalue weighted by Crippen LogP contribution is 2.38. The lowest BCUT2D eigenvalue weighted by atomic mass is 10.1. The van der Waals surface area contributed by atoms with Crippen molar-refractivity contribution in [3.05, 3.63) is 47.0 Å². The van der Waals surface area contributed by atoms with Gasteiger partial charge in [-0.2, -0.15) is 0 Å². The number of halogens is 2. The van der Waals surface area contributed by atoms with Crippen molar-refractivity contribution in [2.75, 3.05) is 13.6 Å². The van der Waals surface area contributed by atoms with E-state index in [1.165, 1.54) is 6.07 Å². The fourth-order valence-electron chi connectivity index (χ4n) is 2.64. The monoisotopic (exact) mass is 322 g/mol. The van der Waals surface area contributed by atoms with Gasteiger partial charge in [0, 0.05) is 19.5 Å². The van der Waals surface area contributed by atoms with Crippen LogP contribution in [0.5, 0.6) is 0 Å². The second kappa shape index (κ2) is 6.33. The smallest absolute Gasteiger partial charge is 0.159 e. The van der Waals surface area contributed by atoms with Crippen LogP contribution in [0.3, 0.4) is 0 Å². The highest BCUT2D eigenvalue weighted by atomic mass is 19.2. The third-order valence-corrected chi connectivity index (χ3v) is 4.17. The van der Waals surface area contributed by atoms with Gasteiger partial charge in [0.25, 0.3) is 0 Å². The van der Waals surface area contributed by atoms with Crippen LogP contribution in [0.2, 0.25) is 0 Å². The molecule has 0 radical (unpaired) electrons. The molecule has 0 bridgehead atoms. The summed E-state index contributed by atoms with van der Waals surface area (Å²) in [5.74, 6) is 0.494. The number of aliphatic hydroxyl groups excluding tert-OH is 1. The van der Waals surface area contributed by atoms with E-state index in [0.29, 0.717) is 18.0 Å². The summed E-state index contributed by atoms with van der Waals surface area (Å²) in [6.45, 7) is 0.813. The molecule has 0 saturated heterocycles. The molecule has 0 spiro atoms. The van der Waals surface area contributed by atoms with Gasteiger partial charge in [0.15, 0.2) is 11.6 Å². The first kappa shape index (κ1) is 16.0. The number of benzene rings is 1. The first-order valence-corrected chi connectivity index (χ1v) is 7.65. The van der Waals surface area contributed by atoms with Crippen molar-refractivity contribution in [1.82, 2.24) is 19.7 Å². The molecule has 1 aromatic heterocycles. The molecule has 0 amide bonds. The highest BCUT2D eigenvalue weighted by molar-refractivity contribution is 5.20. The molecule has 1 aliphatic carbocycles.